The molecule has 1 aliphatic carbocycles. The minimum absolute atomic E-state index is 0.168. The summed E-state index contributed by atoms with van der Waals surface area (Å²) < 4.78 is 40.0. The molecule has 1 aromatic heterocycles. The van der Waals surface area contributed by atoms with Gasteiger partial charge in [0.1, 0.15) is 5.82 Å². The topological polar surface area (TPSA) is 57.8 Å². The zero-order valence-corrected chi connectivity index (χ0v) is 18.9. The highest BCUT2D eigenvalue weighted by atomic mass is 35.5. The molecule has 168 valence electrons. The third kappa shape index (κ3) is 4.81. The zero-order valence-electron chi connectivity index (χ0n) is 17.3. The first-order chi connectivity index (χ1) is 15.2. The van der Waals surface area contributed by atoms with E-state index in [1.807, 2.05) is 6.20 Å². The lowest BCUT2D eigenvalue weighted by molar-refractivity contribution is 0.102. The molecule has 2 N–H and O–H groups in total. The van der Waals surface area contributed by atoms with Gasteiger partial charge in [-0.25, -0.2) is 18.2 Å². The van der Waals surface area contributed by atoms with Gasteiger partial charge in [-0.1, -0.05) is 25.4 Å². The Bertz CT molecular complexity index is 1120. The van der Waals surface area contributed by atoms with E-state index in [0.717, 1.165) is 29.3 Å². The summed E-state index contributed by atoms with van der Waals surface area (Å²) in [5.74, 6) is -2.61. The number of aromatic nitrogens is 2. The van der Waals surface area contributed by atoms with E-state index in [0.29, 0.717) is 28.0 Å². The van der Waals surface area contributed by atoms with Crippen LogP contribution in [0.15, 0.2) is 47.6 Å². The summed E-state index contributed by atoms with van der Waals surface area (Å²) in [5, 5.41) is 3.29. The number of anilines is 1. The second-order valence-corrected chi connectivity index (χ2v) is 9.70. The standard InChI is InChI=1S/C23H21ClF3N3OS/c1-11(22-28-5-6-29-22)7-15-12(2)21(15)32-19-8-13(3-4-16(19)24)23(31)30-14-9-17(25)20(27)18(26)10-14/h3-6,8-12,15,21H,7H2,1-2H3,(H,28,29)(H,30,31). The van der Waals surface area contributed by atoms with Crippen LogP contribution < -0.4 is 5.32 Å². The van der Waals surface area contributed by atoms with Crippen molar-refractivity contribution < 1.29 is 18.0 Å². The molecular weight excluding hydrogens is 459 g/mol. The van der Waals surface area contributed by atoms with E-state index in [4.69, 9.17) is 11.6 Å². The number of nitrogens with zero attached hydrogens (tertiary/aromatic N) is 1. The Hall–Kier alpha value is -2.45. The summed E-state index contributed by atoms with van der Waals surface area (Å²) in [6, 6.07) is 6.29. The van der Waals surface area contributed by atoms with Crippen LogP contribution in [0.2, 0.25) is 5.02 Å². The predicted octanol–water partition coefficient (Wildman–Crippen LogP) is 6.65. The molecule has 1 heterocycles. The van der Waals surface area contributed by atoms with Gasteiger partial charge in [0.2, 0.25) is 0 Å². The summed E-state index contributed by atoms with van der Waals surface area (Å²) in [7, 11) is 0. The Morgan fingerprint density at radius 3 is 2.62 bits per heavy atom. The summed E-state index contributed by atoms with van der Waals surface area (Å²) in [4.78, 5) is 20.8. The quantitative estimate of drug-likeness (QED) is 0.373. The van der Waals surface area contributed by atoms with Crippen molar-refractivity contribution in [3.8, 4) is 0 Å². The van der Waals surface area contributed by atoms with Gasteiger partial charge in [0.15, 0.2) is 17.5 Å². The fourth-order valence-corrected chi connectivity index (χ4v) is 5.61. The molecule has 32 heavy (non-hydrogen) atoms. The number of nitrogens with one attached hydrogen (secondary N) is 2. The minimum Gasteiger partial charge on any atom is -0.348 e. The minimum atomic E-state index is -1.58. The van der Waals surface area contributed by atoms with E-state index >= 15 is 0 Å². The third-order valence-corrected chi connectivity index (χ3v) is 7.87. The van der Waals surface area contributed by atoms with E-state index < -0.39 is 23.4 Å². The summed E-state index contributed by atoms with van der Waals surface area (Å²) in [6.45, 7) is 4.34. The predicted molar refractivity (Wildman–Crippen MR) is 120 cm³/mol. The summed E-state index contributed by atoms with van der Waals surface area (Å²) in [6.07, 6.45) is 4.56. The van der Waals surface area contributed by atoms with Crippen molar-refractivity contribution in [2.75, 3.05) is 5.32 Å². The highest BCUT2D eigenvalue weighted by molar-refractivity contribution is 8.00. The SMILES string of the molecule is CC(CC1C(C)C1Sc1cc(C(=O)Nc2cc(F)c(F)c(F)c2)ccc1Cl)c1ncc[nH]1. The number of halogens is 4. The van der Waals surface area contributed by atoms with Gasteiger partial charge < -0.3 is 10.3 Å². The maximum atomic E-state index is 13.4. The number of rotatable bonds is 7. The number of amides is 1. The monoisotopic (exact) mass is 479 g/mol. The van der Waals surface area contributed by atoms with Crippen LogP contribution in [0.4, 0.5) is 18.9 Å². The van der Waals surface area contributed by atoms with E-state index in [2.05, 4.69) is 29.1 Å². The van der Waals surface area contributed by atoms with Crippen LogP contribution in [0, 0.1) is 29.3 Å². The molecule has 0 saturated heterocycles. The number of benzene rings is 2. The molecule has 4 nitrogen and oxygen atoms in total. The smallest absolute Gasteiger partial charge is 0.255 e. The molecule has 4 atom stereocenters. The Morgan fingerprint density at radius 2 is 1.97 bits per heavy atom. The lowest BCUT2D eigenvalue weighted by atomic mass is 10.0. The van der Waals surface area contributed by atoms with Crippen molar-refractivity contribution in [2.45, 2.75) is 36.3 Å². The molecule has 1 saturated carbocycles. The van der Waals surface area contributed by atoms with Gasteiger partial charge in [0.05, 0.1) is 5.02 Å². The number of H-pyrrole nitrogens is 1. The zero-order chi connectivity index (χ0) is 23.0. The molecule has 4 unspecified atom stereocenters. The molecule has 0 bridgehead atoms. The van der Waals surface area contributed by atoms with Gasteiger partial charge >= 0.3 is 0 Å². The highest BCUT2D eigenvalue weighted by Crippen LogP contribution is 2.55. The van der Waals surface area contributed by atoms with E-state index in [-0.39, 0.29) is 11.3 Å². The fraction of sp³-hybridized carbons (Fsp3) is 0.304. The fourth-order valence-electron chi connectivity index (χ4n) is 3.83. The van der Waals surface area contributed by atoms with Gasteiger partial charge in [-0.2, -0.15) is 0 Å². The Labute approximate surface area is 193 Å². The lowest BCUT2D eigenvalue weighted by Gasteiger charge is -2.10. The second kappa shape index (κ2) is 9.19. The number of hydrogen-bond acceptors (Lipinski definition) is 3. The average molecular weight is 480 g/mol. The van der Waals surface area contributed by atoms with Crippen molar-refractivity contribution in [3.05, 3.63) is 76.6 Å². The highest BCUT2D eigenvalue weighted by Gasteiger charge is 2.48. The molecule has 0 spiro atoms. The van der Waals surface area contributed by atoms with Crippen LogP contribution in [0.3, 0.4) is 0 Å². The molecule has 9 heteroatoms. The first-order valence-corrected chi connectivity index (χ1v) is 11.4. The van der Waals surface area contributed by atoms with Crippen molar-refractivity contribution >= 4 is 35.0 Å². The molecule has 2 aromatic carbocycles. The maximum Gasteiger partial charge on any atom is 0.255 e. The van der Waals surface area contributed by atoms with E-state index in [1.54, 1.807) is 30.1 Å². The van der Waals surface area contributed by atoms with Gasteiger partial charge in [-0.05, 0) is 36.5 Å². The molecule has 0 radical (unpaired) electrons. The summed E-state index contributed by atoms with van der Waals surface area (Å²) >= 11 is 7.99. The molecule has 0 aliphatic heterocycles. The number of hydrogen-bond donors (Lipinski definition) is 2. The second-order valence-electron chi connectivity index (χ2n) is 8.07. The van der Waals surface area contributed by atoms with Crippen molar-refractivity contribution in [1.82, 2.24) is 9.97 Å². The van der Waals surface area contributed by atoms with Crippen molar-refractivity contribution in [3.63, 3.8) is 0 Å². The largest absolute Gasteiger partial charge is 0.348 e. The maximum absolute atomic E-state index is 13.4. The Morgan fingerprint density at radius 1 is 1.25 bits per heavy atom. The molecule has 3 aromatic rings. The van der Waals surface area contributed by atoms with Crippen LogP contribution >= 0.6 is 23.4 Å². The van der Waals surface area contributed by atoms with E-state index in [1.165, 1.54) is 6.07 Å². The van der Waals surface area contributed by atoms with Gasteiger partial charge in [-0.3, -0.25) is 4.79 Å². The number of carbonyl (C=O) groups is 1. The Balaban J connectivity index is 1.43. The molecular formula is C23H21ClF3N3OS. The van der Waals surface area contributed by atoms with Crippen LogP contribution in [-0.2, 0) is 0 Å². The third-order valence-electron chi connectivity index (χ3n) is 5.78. The van der Waals surface area contributed by atoms with Gasteiger partial charge in [0.25, 0.3) is 5.91 Å². The van der Waals surface area contributed by atoms with Crippen molar-refractivity contribution in [1.29, 1.82) is 0 Å². The van der Waals surface area contributed by atoms with E-state index in [9.17, 15) is 18.0 Å². The van der Waals surface area contributed by atoms with Crippen LogP contribution in [0.5, 0.6) is 0 Å². The first-order valence-electron chi connectivity index (χ1n) is 10.2. The Kier molecular flexibility index (Phi) is 6.53. The number of imidazole rings is 1. The average Bonchev–Trinajstić information content (AvgIpc) is 3.14. The first kappa shape index (κ1) is 22.7. The number of thioether (sulfide) groups is 1. The van der Waals surface area contributed by atoms with Crippen LogP contribution in [0.1, 0.15) is 42.4 Å². The molecule has 4 rings (SSSR count). The van der Waals surface area contributed by atoms with Gasteiger partial charge in [-0.15, -0.1) is 11.8 Å². The van der Waals surface area contributed by atoms with Crippen LogP contribution in [0.25, 0.3) is 0 Å². The lowest BCUT2D eigenvalue weighted by Crippen LogP contribution is -2.13. The normalized spacial score (nSPS) is 20.8. The molecule has 1 amide bonds. The number of carbonyl (C=O) groups excluding carboxylic acids is 1. The molecule has 1 fully saturated rings. The van der Waals surface area contributed by atoms with Crippen molar-refractivity contribution in [2.24, 2.45) is 11.8 Å². The van der Waals surface area contributed by atoms with Gasteiger partial charge in [0, 0.05) is 51.8 Å². The summed E-state index contributed by atoms with van der Waals surface area (Å²) in [5.41, 5.74) is 0.120. The van der Waals surface area contributed by atoms with Crippen LogP contribution in [-0.4, -0.2) is 21.1 Å². The number of aromatic amines is 1. The molecule has 1 aliphatic rings.